The summed E-state index contributed by atoms with van der Waals surface area (Å²) in [6.07, 6.45) is 6.74. The molecule has 0 aromatic carbocycles. The van der Waals surface area contributed by atoms with Crippen molar-refractivity contribution in [1.29, 1.82) is 0 Å². The predicted molar refractivity (Wildman–Crippen MR) is 61.0 cm³/mol. The van der Waals surface area contributed by atoms with Gasteiger partial charge in [0.2, 0.25) is 0 Å². The number of rotatable bonds is 4. The zero-order valence-electron chi connectivity index (χ0n) is 9.76. The minimum atomic E-state index is -0.176. The molecule has 0 spiro atoms. The van der Waals surface area contributed by atoms with Crippen molar-refractivity contribution in [2.75, 3.05) is 6.54 Å². The average molecular weight is 224 g/mol. The highest BCUT2D eigenvalue weighted by Crippen LogP contribution is 2.18. The molecular formula is C11H20N4O. The van der Waals surface area contributed by atoms with Crippen molar-refractivity contribution in [3.05, 3.63) is 12.2 Å². The lowest BCUT2D eigenvalue weighted by molar-refractivity contribution is 0.0913. The first-order valence-electron chi connectivity index (χ1n) is 6.01. The maximum atomic E-state index is 9.77. The Labute approximate surface area is 95.9 Å². The molecule has 90 valence electrons. The highest BCUT2D eigenvalue weighted by atomic mass is 16.3. The Hall–Kier alpha value is -0.940. The highest BCUT2D eigenvalue weighted by molar-refractivity contribution is 4.85. The van der Waals surface area contributed by atoms with E-state index in [-0.39, 0.29) is 12.1 Å². The van der Waals surface area contributed by atoms with E-state index in [1.807, 2.05) is 7.05 Å². The largest absolute Gasteiger partial charge is 0.392 e. The van der Waals surface area contributed by atoms with Crippen molar-refractivity contribution < 1.29 is 5.11 Å². The standard InChI is InChI=1S/C11H20N4O/c1-15-8-13-11(14-15)6-7-12-9-4-2-3-5-10(9)16/h8-10,12,16H,2-7H2,1H3/t9-,10-/m1/s1. The number of hydrogen-bond acceptors (Lipinski definition) is 4. The van der Waals surface area contributed by atoms with Gasteiger partial charge in [0, 0.05) is 26.1 Å². The van der Waals surface area contributed by atoms with E-state index in [9.17, 15) is 5.11 Å². The second kappa shape index (κ2) is 5.41. The van der Waals surface area contributed by atoms with Gasteiger partial charge < -0.3 is 10.4 Å². The molecule has 5 nitrogen and oxygen atoms in total. The molecule has 5 heteroatoms. The fraction of sp³-hybridized carbons (Fsp3) is 0.818. The van der Waals surface area contributed by atoms with Gasteiger partial charge in [-0.3, -0.25) is 4.68 Å². The average Bonchev–Trinajstić information content (AvgIpc) is 2.67. The summed E-state index contributed by atoms with van der Waals surface area (Å²) >= 11 is 0. The van der Waals surface area contributed by atoms with Gasteiger partial charge in [0.25, 0.3) is 0 Å². The highest BCUT2D eigenvalue weighted by Gasteiger charge is 2.21. The first-order valence-corrected chi connectivity index (χ1v) is 6.01. The molecule has 1 saturated carbocycles. The summed E-state index contributed by atoms with van der Waals surface area (Å²) in [6.45, 7) is 0.839. The van der Waals surface area contributed by atoms with Crippen LogP contribution in [0.25, 0.3) is 0 Å². The van der Waals surface area contributed by atoms with Gasteiger partial charge in [-0.1, -0.05) is 12.8 Å². The van der Waals surface area contributed by atoms with Crippen molar-refractivity contribution in [3.8, 4) is 0 Å². The van der Waals surface area contributed by atoms with Crippen LogP contribution in [0.5, 0.6) is 0 Å². The Morgan fingerprint density at radius 1 is 1.50 bits per heavy atom. The van der Waals surface area contributed by atoms with Gasteiger partial charge in [0.05, 0.1) is 6.10 Å². The Morgan fingerprint density at radius 2 is 2.31 bits per heavy atom. The number of hydrogen-bond donors (Lipinski definition) is 2. The lowest BCUT2D eigenvalue weighted by Gasteiger charge is -2.28. The van der Waals surface area contributed by atoms with E-state index in [0.29, 0.717) is 0 Å². The molecule has 1 aromatic rings. The maximum absolute atomic E-state index is 9.77. The summed E-state index contributed by atoms with van der Waals surface area (Å²) in [5.74, 6) is 0.861. The van der Waals surface area contributed by atoms with E-state index < -0.39 is 0 Å². The third-order valence-electron chi connectivity index (χ3n) is 3.13. The van der Waals surface area contributed by atoms with Crippen LogP contribution in [0.3, 0.4) is 0 Å². The summed E-state index contributed by atoms with van der Waals surface area (Å²) in [5, 5.41) is 17.4. The molecule has 0 unspecified atom stereocenters. The Kier molecular flexibility index (Phi) is 3.90. The number of aliphatic hydroxyl groups excluding tert-OH is 1. The zero-order chi connectivity index (χ0) is 11.4. The second-order valence-corrected chi connectivity index (χ2v) is 4.50. The van der Waals surface area contributed by atoms with Crippen LogP contribution >= 0.6 is 0 Å². The Morgan fingerprint density at radius 3 is 3.00 bits per heavy atom. The van der Waals surface area contributed by atoms with Gasteiger partial charge in [0.15, 0.2) is 5.82 Å². The van der Waals surface area contributed by atoms with Crippen LogP contribution in [-0.4, -0.2) is 38.6 Å². The SMILES string of the molecule is Cn1cnc(CCN[C@@H]2CCCC[C@H]2O)n1. The third-order valence-corrected chi connectivity index (χ3v) is 3.13. The maximum Gasteiger partial charge on any atom is 0.151 e. The van der Waals surface area contributed by atoms with Gasteiger partial charge in [-0.25, -0.2) is 4.98 Å². The summed E-state index contributed by atoms with van der Waals surface area (Å²) in [7, 11) is 1.87. The molecule has 1 fully saturated rings. The molecule has 2 rings (SSSR count). The minimum absolute atomic E-state index is 0.176. The molecule has 1 aliphatic carbocycles. The van der Waals surface area contributed by atoms with Gasteiger partial charge in [-0.2, -0.15) is 5.10 Å². The molecule has 2 N–H and O–H groups in total. The molecule has 0 radical (unpaired) electrons. The fourth-order valence-corrected chi connectivity index (χ4v) is 2.22. The van der Waals surface area contributed by atoms with Crippen LogP contribution in [0.1, 0.15) is 31.5 Å². The van der Waals surface area contributed by atoms with E-state index in [1.54, 1.807) is 11.0 Å². The van der Waals surface area contributed by atoms with Gasteiger partial charge in [-0.15, -0.1) is 0 Å². The molecule has 1 aliphatic rings. The Balaban J connectivity index is 1.71. The number of aryl methyl sites for hydroxylation is 1. The second-order valence-electron chi connectivity index (χ2n) is 4.50. The fourth-order valence-electron chi connectivity index (χ4n) is 2.22. The van der Waals surface area contributed by atoms with E-state index in [2.05, 4.69) is 15.4 Å². The molecule has 1 aromatic heterocycles. The van der Waals surface area contributed by atoms with E-state index >= 15 is 0 Å². The monoisotopic (exact) mass is 224 g/mol. The summed E-state index contributed by atoms with van der Waals surface area (Å²) in [6, 6.07) is 0.262. The van der Waals surface area contributed by atoms with Crippen molar-refractivity contribution in [1.82, 2.24) is 20.1 Å². The van der Waals surface area contributed by atoms with E-state index in [0.717, 1.165) is 38.1 Å². The van der Waals surface area contributed by atoms with Crippen LogP contribution in [0.15, 0.2) is 6.33 Å². The number of aromatic nitrogens is 3. The third kappa shape index (κ3) is 3.02. The van der Waals surface area contributed by atoms with Crippen LogP contribution in [-0.2, 0) is 13.5 Å². The lowest BCUT2D eigenvalue weighted by Crippen LogP contribution is -2.42. The number of nitrogens with one attached hydrogen (secondary N) is 1. The van der Waals surface area contributed by atoms with E-state index in [4.69, 9.17) is 0 Å². The molecular weight excluding hydrogens is 204 g/mol. The van der Waals surface area contributed by atoms with E-state index in [1.165, 1.54) is 6.42 Å². The smallest absolute Gasteiger partial charge is 0.151 e. The van der Waals surface area contributed by atoms with Crippen LogP contribution in [0.2, 0.25) is 0 Å². The molecule has 0 bridgehead atoms. The van der Waals surface area contributed by atoms with Crippen molar-refractivity contribution in [2.24, 2.45) is 7.05 Å². The summed E-state index contributed by atoms with van der Waals surface area (Å²) in [5.41, 5.74) is 0. The predicted octanol–water partition coefficient (Wildman–Crippen LogP) is 0.251. The van der Waals surface area contributed by atoms with Crippen LogP contribution in [0.4, 0.5) is 0 Å². The minimum Gasteiger partial charge on any atom is -0.392 e. The summed E-state index contributed by atoms with van der Waals surface area (Å²) < 4.78 is 1.71. The van der Waals surface area contributed by atoms with Gasteiger partial charge >= 0.3 is 0 Å². The van der Waals surface area contributed by atoms with Gasteiger partial charge in [0.1, 0.15) is 6.33 Å². The molecule has 0 saturated heterocycles. The normalized spacial score (nSPS) is 25.9. The lowest BCUT2D eigenvalue weighted by atomic mass is 9.92. The van der Waals surface area contributed by atoms with Crippen LogP contribution in [0, 0.1) is 0 Å². The van der Waals surface area contributed by atoms with Gasteiger partial charge in [-0.05, 0) is 12.8 Å². The first kappa shape index (κ1) is 11.5. The van der Waals surface area contributed by atoms with Crippen molar-refractivity contribution in [3.63, 3.8) is 0 Å². The number of nitrogens with zero attached hydrogens (tertiary/aromatic N) is 3. The number of aliphatic hydroxyl groups is 1. The van der Waals surface area contributed by atoms with Crippen molar-refractivity contribution >= 4 is 0 Å². The first-order chi connectivity index (χ1) is 7.75. The zero-order valence-corrected chi connectivity index (χ0v) is 9.76. The molecule has 16 heavy (non-hydrogen) atoms. The van der Waals surface area contributed by atoms with Crippen molar-refractivity contribution in [2.45, 2.75) is 44.2 Å². The molecule has 2 atom stereocenters. The topological polar surface area (TPSA) is 63.0 Å². The summed E-state index contributed by atoms with van der Waals surface area (Å²) in [4.78, 5) is 4.17. The molecule has 0 aliphatic heterocycles. The van der Waals surface area contributed by atoms with Crippen LogP contribution < -0.4 is 5.32 Å². The molecule has 1 heterocycles. The molecule has 0 amide bonds. The quantitative estimate of drug-likeness (QED) is 0.769. The Bertz CT molecular complexity index is 326.